The lowest BCUT2D eigenvalue weighted by Crippen LogP contribution is -2.67. The Balaban J connectivity index is 2.55. The highest BCUT2D eigenvalue weighted by molar-refractivity contribution is 6.99. The average molecular weight is 365 g/mol. The van der Waals surface area contributed by atoms with Crippen molar-refractivity contribution in [3.8, 4) is 12.3 Å². The second kappa shape index (κ2) is 9.21. The number of rotatable bonds is 8. The molecule has 0 spiro atoms. The summed E-state index contributed by atoms with van der Waals surface area (Å²) in [4.78, 5) is 0. The van der Waals surface area contributed by atoms with E-state index in [4.69, 9.17) is 10.8 Å². The van der Waals surface area contributed by atoms with Crippen LogP contribution in [0.3, 0.4) is 0 Å². The Labute approximate surface area is 160 Å². The van der Waals surface area contributed by atoms with E-state index in [9.17, 15) is 0 Å². The van der Waals surface area contributed by atoms with Gasteiger partial charge >= 0.3 is 0 Å². The first-order valence-electron chi connectivity index (χ1n) is 9.70. The van der Waals surface area contributed by atoms with Crippen LogP contribution in [0, 0.1) is 12.3 Å². The van der Waals surface area contributed by atoms with Crippen molar-refractivity contribution in [2.45, 2.75) is 64.5 Å². The molecule has 2 aromatic carbocycles. The molecule has 0 aliphatic carbocycles. The van der Waals surface area contributed by atoms with Gasteiger partial charge in [0.15, 0.2) is 0 Å². The van der Waals surface area contributed by atoms with Gasteiger partial charge in [-0.05, 0) is 28.3 Å². The van der Waals surface area contributed by atoms with Crippen LogP contribution in [0.25, 0.3) is 0 Å². The van der Waals surface area contributed by atoms with Gasteiger partial charge in [0.25, 0.3) is 8.32 Å². The minimum absolute atomic E-state index is 0.0322. The molecule has 2 heteroatoms. The molecule has 0 aliphatic heterocycles. The summed E-state index contributed by atoms with van der Waals surface area (Å²) in [6.45, 7) is 9.09. The average Bonchev–Trinajstić information content (AvgIpc) is 2.65. The van der Waals surface area contributed by atoms with Crippen LogP contribution in [0.15, 0.2) is 60.7 Å². The van der Waals surface area contributed by atoms with Crippen molar-refractivity contribution in [1.29, 1.82) is 0 Å². The van der Waals surface area contributed by atoms with E-state index < -0.39 is 8.32 Å². The smallest absolute Gasteiger partial charge is 0.262 e. The van der Waals surface area contributed by atoms with E-state index >= 15 is 0 Å². The van der Waals surface area contributed by atoms with Crippen LogP contribution >= 0.6 is 0 Å². The van der Waals surface area contributed by atoms with Gasteiger partial charge < -0.3 is 4.43 Å². The lowest BCUT2D eigenvalue weighted by molar-refractivity contribution is 0.227. The summed E-state index contributed by atoms with van der Waals surface area (Å²) in [7, 11) is -2.54. The molecule has 0 aromatic heterocycles. The zero-order valence-electron chi connectivity index (χ0n) is 16.7. The van der Waals surface area contributed by atoms with Crippen LogP contribution in [-0.4, -0.2) is 14.4 Å². The van der Waals surface area contributed by atoms with Crippen molar-refractivity contribution in [2.24, 2.45) is 0 Å². The van der Waals surface area contributed by atoms with E-state index in [1.807, 2.05) is 0 Å². The molecule has 138 valence electrons. The number of hydrogen-bond donors (Lipinski definition) is 0. The maximum Gasteiger partial charge on any atom is 0.262 e. The van der Waals surface area contributed by atoms with Crippen LogP contribution in [0.1, 0.15) is 53.4 Å². The van der Waals surface area contributed by atoms with Gasteiger partial charge in [0.1, 0.15) is 6.10 Å². The highest BCUT2D eigenvalue weighted by Crippen LogP contribution is 2.37. The first-order valence-corrected chi connectivity index (χ1v) is 11.6. The maximum atomic E-state index is 6.97. The summed E-state index contributed by atoms with van der Waals surface area (Å²) >= 11 is 0. The van der Waals surface area contributed by atoms with E-state index in [0.717, 1.165) is 12.8 Å². The first kappa shape index (κ1) is 20.5. The molecule has 0 heterocycles. The van der Waals surface area contributed by atoms with Gasteiger partial charge in [-0.3, -0.25) is 0 Å². The van der Waals surface area contributed by atoms with Crippen LogP contribution < -0.4 is 10.4 Å². The predicted octanol–water partition coefficient (Wildman–Crippen LogP) is 5.15. The molecule has 0 N–H and O–H groups in total. The zero-order valence-corrected chi connectivity index (χ0v) is 17.7. The fourth-order valence-corrected chi connectivity index (χ4v) is 8.29. The molecule has 0 saturated carbocycles. The predicted molar refractivity (Wildman–Crippen MR) is 115 cm³/mol. The third kappa shape index (κ3) is 4.47. The third-order valence-corrected chi connectivity index (χ3v) is 10.0. The van der Waals surface area contributed by atoms with Crippen molar-refractivity contribution in [3.05, 3.63) is 60.7 Å². The highest BCUT2D eigenvalue weighted by Gasteiger charge is 2.51. The molecular weight excluding hydrogens is 332 g/mol. The second-order valence-corrected chi connectivity index (χ2v) is 12.2. The summed E-state index contributed by atoms with van der Waals surface area (Å²) < 4.78 is 6.97. The van der Waals surface area contributed by atoms with Crippen molar-refractivity contribution < 1.29 is 4.43 Å². The molecule has 2 rings (SSSR count). The van der Waals surface area contributed by atoms with E-state index in [1.54, 1.807) is 0 Å². The topological polar surface area (TPSA) is 9.23 Å². The van der Waals surface area contributed by atoms with Gasteiger partial charge in [0.05, 0.1) is 0 Å². The van der Waals surface area contributed by atoms with Crippen LogP contribution in [0.2, 0.25) is 5.04 Å². The molecule has 0 amide bonds. The van der Waals surface area contributed by atoms with Crippen LogP contribution in [-0.2, 0) is 4.43 Å². The molecule has 0 fully saturated rings. The molecular formula is C24H32OSi. The van der Waals surface area contributed by atoms with E-state index in [1.165, 1.54) is 23.2 Å². The highest BCUT2D eigenvalue weighted by atomic mass is 28.4. The minimum Gasteiger partial charge on any atom is -0.394 e. The lowest BCUT2D eigenvalue weighted by atomic mass is 10.1. The molecule has 0 aliphatic rings. The number of unbranched alkanes of at least 4 members (excludes halogenated alkanes) is 2. The normalized spacial score (nSPS) is 13.2. The Kier molecular flexibility index (Phi) is 7.26. The Bertz CT molecular complexity index is 655. The van der Waals surface area contributed by atoms with Crippen molar-refractivity contribution in [1.82, 2.24) is 0 Å². The fourth-order valence-electron chi connectivity index (χ4n) is 3.66. The van der Waals surface area contributed by atoms with Crippen molar-refractivity contribution in [2.75, 3.05) is 0 Å². The third-order valence-electron chi connectivity index (χ3n) is 4.99. The molecule has 0 unspecified atom stereocenters. The summed E-state index contributed by atoms with van der Waals surface area (Å²) in [5.41, 5.74) is 0. The standard InChI is InChI=1S/C24H32OSi/c1-6-8-11-16-21(7-2)25-26(24(3,4)5,22-17-12-9-13-18-22)23-19-14-10-15-20-23/h2,9-10,12-15,17-21H,6,8,11,16H2,1,3-5H3/t21-/m0/s1. The Hall–Kier alpha value is -1.82. The second-order valence-electron chi connectivity index (χ2n) is 7.93. The first-order chi connectivity index (χ1) is 12.5. The quantitative estimate of drug-likeness (QED) is 0.358. The summed E-state index contributed by atoms with van der Waals surface area (Å²) in [6.07, 6.45) is 10.2. The number of hydrogen-bond acceptors (Lipinski definition) is 1. The van der Waals surface area contributed by atoms with Gasteiger partial charge in [-0.1, -0.05) is 107 Å². The number of terminal acetylenes is 1. The van der Waals surface area contributed by atoms with Crippen molar-refractivity contribution >= 4 is 18.7 Å². The summed E-state index contributed by atoms with van der Waals surface area (Å²) in [5.74, 6) is 2.94. The van der Waals surface area contributed by atoms with Gasteiger partial charge in [0, 0.05) is 0 Å². The zero-order chi connectivity index (χ0) is 19.0. The Morgan fingerprint density at radius 2 is 1.42 bits per heavy atom. The molecule has 26 heavy (non-hydrogen) atoms. The van der Waals surface area contributed by atoms with Crippen molar-refractivity contribution in [3.63, 3.8) is 0 Å². The monoisotopic (exact) mass is 364 g/mol. The fraction of sp³-hybridized carbons (Fsp3) is 0.417. The summed E-state index contributed by atoms with van der Waals surface area (Å²) in [5, 5.41) is 2.54. The van der Waals surface area contributed by atoms with Gasteiger partial charge in [-0.2, -0.15) is 0 Å². The Morgan fingerprint density at radius 3 is 1.81 bits per heavy atom. The minimum atomic E-state index is -2.54. The van der Waals surface area contributed by atoms with Gasteiger partial charge in [0.2, 0.25) is 0 Å². The molecule has 2 aromatic rings. The van der Waals surface area contributed by atoms with Gasteiger partial charge in [-0.25, -0.2) is 0 Å². The van der Waals surface area contributed by atoms with E-state index in [2.05, 4.69) is 94.3 Å². The van der Waals surface area contributed by atoms with Crippen LogP contribution in [0.5, 0.6) is 0 Å². The van der Waals surface area contributed by atoms with E-state index in [-0.39, 0.29) is 11.1 Å². The maximum absolute atomic E-state index is 6.97. The molecule has 1 nitrogen and oxygen atoms in total. The van der Waals surface area contributed by atoms with Crippen LogP contribution in [0.4, 0.5) is 0 Å². The number of benzene rings is 2. The molecule has 0 bridgehead atoms. The molecule has 0 saturated heterocycles. The molecule has 1 atom stereocenters. The van der Waals surface area contributed by atoms with Gasteiger partial charge in [-0.15, -0.1) is 6.42 Å². The lowest BCUT2D eigenvalue weighted by Gasteiger charge is -2.44. The molecule has 0 radical (unpaired) electrons. The largest absolute Gasteiger partial charge is 0.394 e. The Morgan fingerprint density at radius 1 is 0.923 bits per heavy atom. The SMILES string of the molecule is C#C[C@@H](CCCCC)O[Si](c1ccccc1)(c1ccccc1)C(C)(C)C. The summed E-state index contributed by atoms with van der Waals surface area (Å²) in [6, 6.07) is 21.4. The van der Waals surface area contributed by atoms with E-state index in [0.29, 0.717) is 0 Å².